The fraction of sp³-hybridized carbons (Fsp3) is 0.250. The molecular formula is C20H17Cl2N3O2. The lowest BCUT2D eigenvalue weighted by molar-refractivity contribution is 0.0710. The van der Waals surface area contributed by atoms with Gasteiger partial charge in [-0.1, -0.05) is 52.1 Å². The van der Waals surface area contributed by atoms with Crippen molar-refractivity contribution in [2.24, 2.45) is 0 Å². The topological polar surface area (TPSA) is 59.2 Å². The Labute approximate surface area is 166 Å². The van der Waals surface area contributed by atoms with E-state index in [9.17, 15) is 4.79 Å². The van der Waals surface area contributed by atoms with Crippen molar-refractivity contribution in [3.63, 3.8) is 0 Å². The third-order valence-corrected chi connectivity index (χ3v) is 5.42. The first kappa shape index (κ1) is 18.0. The molecule has 0 aliphatic carbocycles. The smallest absolute Gasteiger partial charge is 0.254 e. The summed E-state index contributed by atoms with van der Waals surface area (Å²) in [5, 5.41) is 4.88. The first-order valence-corrected chi connectivity index (χ1v) is 9.45. The van der Waals surface area contributed by atoms with Gasteiger partial charge in [0.05, 0.1) is 10.0 Å². The predicted molar refractivity (Wildman–Crippen MR) is 104 cm³/mol. The molecule has 2 aromatic carbocycles. The van der Waals surface area contributed by atoms with Gasteiger partial charge in [-0.3, -0.25) is 4.79 Å². The van der Waals surface area contributed by atoms with E-state index in [0.717, 1.165) is 24.0 Å². The van der Waals surface area contributed by atoms with E-state index in [1.54, 1.807) is 23.1 Å². The summed E-state index contributed by atoms with van der Waals surface area (Å²) in [6.45, 7) is 2.64. The number of hydrogen-bond donors (Lipinski definition) is 0. The van der Waals surface area contributed by atoms with E-state index in [1.807, 2.05) is 31.2 Å². The molecule has 1 amide bonds. The lowest BCUT2D eigenvalue weighted by atomic mass is 10.1. The molecule has 2 heterocycles. The standard InChI is InChI=1S/C20H17Cl2N3O2/c1-12-4-2-5-13(10-12)18-23-19(27-24-18)17-6-3-9-25(17)20(26)14-7-8-15(21)16(22)11-14/h2,4-5,7-8,10-11,17H,3,6,9H2,1H3. The second-order valence-electron chi connectivity index (χ2n) is 6.61. The first-order valence-electron chi connectivity index (χ1n) is 8.69. The van der Waals surface area contributed by atoms with Gasteiger partial charge in [-0.2, -0.15) is 4.98 Å². The number of carbonyl (C=O) groups is 1. The summed E-state index contributed by atoms with van der Waals surface area (Å²) in [6, 6.07) is 12.6. The van der Waals surface area contributed by atoms with Crippen LogP contribution in [0.2, 0.25) is 10.0 Å². The summed E-state index contributed by atoms with van der Waals surface area (Å²) in [7, 11) is 0. The minimum Gasteiger partial charge on any atom is -0.337 e. The molecule has 1 aliphatic heterocycles. The molecule has 0 radical (unpaired) electrons. The Kier molecular flexibility index (Phi) is 4.89. The van der Waals surface area contributed by atoms with Crippen LogP contribution in [0.5, 0.6) is 0 Å². The minimum absolute atomic E-state index is 0.119. The number of hydrogen-bond acceptors (Lipinski definition) is 4. The van der Waals surface area contributed by atoms with Gasteiger partial charge in [0, 0.05) is 17.7 Å². The molecule has 1 saturated heterocycles. The van der Waals surface area contributed by atoms with Crippen LogP contribution >= 0.6 is 23.2 Å². The van der Waals surface area contributed by atoms with E-state index in [1.165, 1.54) is 0 Å². The molecule has 1 unspecified atom stereocenters. The lowest BCUT2D eigenvalue weighted by Crippen LogP contribution is -2.30. The molecule has 138 valence electrons. The molecule has 7 heteroatoms. The van der Waals surface area contributed by atoms with Gasteiger partial charge in [-0.05, 0) is 44.0 Å². The molecule has 0 bridgehead atoms. The number of benzene rings is 2. The number of amides is 1. The molecule has 0 spiro atoms. The summed E-state index contributed by atoms with van der Waals surface area (Å²) >= 11 is 12.0. The summed E-state index contributed by atoms with van der Waals surface area (Å²) in [4.78, 5) is 19.2. The number of halogens is 2. The molecule has 27 heavy (non-hydrogen) atoms. The highest BCUT2D eigenvalue weighted by Gasteiger charge is 2.34. The van der Waals surface area contributed by atoms with Crippen molar-refractivity contribution >= 4 is 29.1 Å². The van der Waals surface area contributed by atoms with Crippen molar-refractivity contribution in [3.05, 3.63) is 69.5 Å². The Hall–Kier alpha value is -2.37. The van der Waals surface area contributed by atoms with Gasteiger partial charge >= 0.3 is 0 Å². The SMILES string of the molecule is Cc1cccc(-c2noc(C3CCCN3C(=O)c3ccc(Cl)c(Cl)c3)n2)c1. The quantitative estimate of drug-likeness (QED) is 0.594. The zero-order valence-electron chi connectivity index (χ0n) is 14.7. The first-order chi connectivity index (χ1) is 13.0. The van der Waals surface area contributed by atoms with Gasteiger partial charge in [-0.25, -0.2) is 0 Å². The Bertz CT molecular complexity index is 1000. The molecular weight excluding hydrogens is 385 g/mol. The molecule has 0 saturated carbocycles. The predicted octanol–water partition coefficient (Wildman–Crippen LogP) is 5.33. The van der Waals surface area contributed by atoms with E-state index < -0.39 is 0 Å². The zero-order valence-corrected chi connectivity index (χ0v) is 16.2. The highest BCUT2D eigenvalue weighted by atomic mass is 35.5. The fourth-order valence-corrected chi connectivity index (χ4v) is 3.63. The zero-order chi connectivity index (χ0) is 19.0. The van der Waals surface area contributed by atoms with Gasteiger partial charge in [0.25, 0.3) is 5.91 Å². The molecule has 1 aliphatic rings. The highest BCUT2D eigenvalue weighted by molar-refractivity contribution is 6.42. The number of likely N-dealkylation sites (tertiary alicyclic amines) is 1. The second kappa shape index (κ2) is 7.33. The molecule has 1 aromatic heterocycles. The van der Waals surface area contributed by atoms with Crippen LogP contribution in [0.4, 0.5) is 0 Å². The van der Waals surface area contributed by atoms with Gasteiger partial charge in [-0.15, -0.1) is 0 Å². The Balaban J connectivity index is 1.60. The maximum Gasteiger partial charge on any atom is 0.254 e. The lowest BCUT2D eigenvalue weighted by Gasteiger charge is -2.22. The maximum absolute atomic E-state index is 12.9. The van der Waals surface area contributed by atoms with Crippen molar-refractivity contribution in [1.29, 1.82) is 0 Å². The number of nitrogens with zero attached hydrogens (tertiary/aromatic N) is 3. The van der Waals surface area contributed by atoms with Crippen molar-refractivity contribution < 1.29 is 9.32 Å². The second-order valence-corrected chi connectivity index (χ2v) is 7.43. The average Bonchev–Trinajstić information content (AvgIpc) is 3.32. The number of carbonyl (C=O) groups excluding carboxylic acids is 1. The molecule has 3 aromatic rings. The summed E-state index contributed by atoms with van der Waals surface area (Å²) in [6.07, 6.45) is 1.66. The monoisotopic (exact) mass is 401 g/mol. The Morgan fingerprint density at radius 3 is 2.81 bits per heavy atom. The minimum atomic E-state index is -0.238. The normalized spacial score (nSPS) is 16.7. The van der Waals surface area contributed by atoms with Crippen LogP contribution in [0, 0.1) is 6.92 Å². The van der Waals surface area contributed by atoms with E-state index >= 15 is 0 Å². The van der Waals surface area contributed by atoms with E-state index in [2.05, 4.69) is 10.1 Å². The van der Waals surface area contributed by atoms with Gasteiger partial charge in [0.2, 0.25) is 11.7 Å². The third-order valence-electron chi connectivity index (χ3n) is 4.68. The maximum atomic E-state index is 12.9. The largest absolute Gasteiger partial charge is 0.337 e. The molecule has 1 fully saturated rings. The fourth-order valence-electron chi connectivity index (χ4n) is 3.33. The van der Waals surface area contributed by atoms with Crippen LogP contribution in [0.25, 0.3) is 11.4 Å². The van der Waals surface area contributed by atoms with E-state index in [4.69, 9.17) is 27.7 Å². The Morgan fingerprint density at radius 2 is 2.04 bits per heavy atom. The van der Waals surface area contributed by atoms with Gasteiger partial charge in [0.1, 0.15) is 6.04 Å². The molecule has 5 nitrogen and oxygen atoms in total. The van der Waals surface area contributed by atoms with Crippen LogP contribution in [-0.2, 0) is 0 Å². The van der Waals surface area contributed by atoms with Crippen LogP contribution in [0.15, 0.2) is 47.0 Å². The average molecular weight is 402 g/mol. The van der Waals surface area contributed by atoms with Gasteiger partial charge in [0.15, 0.2) is 0 Å². The number of rotatable bonds is 3. The van der Waals surface area contributed by atoms with Crippen molar-refractivity contribution in [1.82, 2.24) is 15.0 Å². The highest BCUT2D eigenvalue weighted by Crippen LogP contribution is 2.34. The van der Waals surface area contributed by atoms with Crippen molar-refractivity contribution in [3.8, 4) is 11.4 Å². The molecule has 1 atom stereocenters. The van der Waals surface area contributed by atoms with Crippen molar-refractivity contribution in [2.45, 2.75) is 25.8 Å². The van der Waals surface area contributed by atoms with Crippen LogP contribution in [0.3, 0.4) is 0 Å². The van der Waals surface area contributed by atoms with Crippen LogP contribution < -0.4 is 0 Å². The third kappa shape index (κ3) is 3.57. The number of aryl methyl sites for hydroxylation is 1. The van der Waals surface area contributed by atoms with E-state index in [0.29, 0.717) is 33.9 Å². The Morgan fingerprint density at radius 1 is 1.19 bits per heavy atom. The van der Waals surface area contributed by atoms with Crippen molar-refractivity contribution in [2.75, 3.05) is 6.54 Å². The van der Waals surface area contributed by atoms with Gasteiger partial charge < -0.3 is 9.42 Å². The van der Waals surface area contributed by atoms with Crippen LogP contribution in [0.1, 0.15) is 40.7 Å². The molecule has 0 N–H and O–H groups in total. The summed E-state index contributed by atoms with van der Waals surface area (Å²) in [5.74, 6) is 0.867. The summed E-state index contributed by atoms with van der Waals surface area (Å²) in [5.41, 5.74) is 2.51. The number of aromatic nitrogens is 2. The molecule has 4 rings (SSSR count). The van der Waals surface area contributed by atoms with Crippen LogP contribution in [-0.4, -0.2) is 27.5 Å². The summed E-state index contributed by atoms with van der Waals surface area (Å²) < 4.78 is 5.50. The van der Waals surface area contributed by atoms with E-state index in [-0.39, 0.29) is 11.9 Å².